The van der Waals surface area contributed by atoms with Gasteiger partial charge in [-0.25, -0.2) is 9.18 Å². The van der Waals surface area contributed by atoms with Crippen LogP contribution in [0.15, 0.2) is 48.5 Å². The Hall–Kier alpha value is -3.22. The maximum Gasteiger partial charge on any atom is 0.323 e. The Bertz CT molecular complexity index is 935. The minimum atomic E-state index is -0.497. The van der Waals surface area contributed by atoms with Crippen molar-refractivity contribution < 1.29 is 9.18 Å². The highest BCUT2D eigenvalue weighted by molar-refractivity contribution is 5.99. The van der Waals surface area contributed by atoms with E-state index in [4.69, 9.17) is 0 Å². The number of amides is 2. The molecule has 0 saturated heterocycles. The highest BCUT2D eigenvalue weighted by Gasteiger charge is 2.16. The molecule has 0 saturated carbocycles. The van der Waals surface area contributed by atoms with Crippen molar-refractivity contribution in [3.63, 3.8) is 0 Å². The third kappa shape index (κ3) is 3.28. The van der Waals surface area contributed by atoms with E-state index in [0.29, 0.717) is 5.69 Å². The summed E-state index contributed by atoms with van der Waals surface area (Å²) in [7, 11) is 0. The van der Waals surface area contributed by atoms with Crippen LogP contribution >= 0.6 is 0 Å². The predicted octanol–water partition coefficient (Wildman–Crippen LogP) is 4.06. The number of benzene rings is 2. The largest absolute Gasteiger partial charge is 0.323 e. The smallest absolute Gasteiger partial charge is 0.311 e. The lowest BCUT2D eigenvalue weighted by atomic mass is 10.1. The van der Waals surface area contributed by atoms with Gasteiger partial charge in [0.2, 0.25) is 0 Å². The molecular formula is C19H18FN5O. The second-order valence-corrected chi connectivity index (χ2v) is 6.18. The first-order valence-corrected chi connectivity index (χ1v) is 8.56. The third-order valence-electron chi connectivity index (χ3n) is 4.38. The van der Waals surface area contributed by atoms with Crippen molar-refractivity contribution in [1.82, 2.24) is 14.8 Å². The average molecular weight is 351 g/mol. The Morgan fingerprint density at radius 1 is 1.00 bits per heavy atom. The van der Waals surface area contributed by atoms with Crippen molar-refractivity contribution in [3.8, 4) is 11.4 Å². The number of aryl methyl sites for hydroxylation is 1. The normalized spacial score (nSPS) is 13.1. The summed E-state index contributed by atoms with van der Waals surface area (Å²) in [5, 5.41) is 13.7. The van der Waals surface area contributed by atoms with Gasteiger partial charge in [-0.15, -0.1) is 10.2 Å². The van der Waals surface area contributed by atoms with Crippen LogP contribution in [-0.2, 0) is 13.0 Å². The summed E-state index contributed by atoms with van der Waals surface area (Å²) in [6, 6.07) is 12.9. The van der Waals surface area contributed by atoms with Gasteiger partial charge >= 0.3 is 6.03 Å². The number of anilines is 2. The molecule has 1 aromatic heterocycles. The minimum absolute atomic E-state index is 0.136. The van der Waals surface area contributed by atoms with E-state index in [0.717, 1.165) is 43.0 Å². The summed E-state index contributed by atoms with van der Waals surface area (Å²) >= 11 is 0. The zero-order valence-electron chi connectivity index (χ0n) is 14.1. The Morgan fingerprint density at radius 2 is 1.81 bits per heavy atom. The van der Waals surface area contributed by atoms with E-state index in [2.05, 4.69) is 25.4 Å². The molecule has 0 unspecified atom stereocenters. The Kier molecular flexibility index (Phi) is 4.35. The number of halogens is 1. The summed E-state index contributed by atoms with van der Waals surface area (Å²) in [6.07, 6.45) is 3.24. The molecule has 3 aromatic rings. The minimum Gasteiger partial charge on any atom is -0.311 e. The number of aromatic nitrogens is 3. The van der Waals surface area contributed by atoms with Crippen LogP contribution in [0.4, 0.5) is 20.6 Å². The summed E-state index contributed by atoms with van der Waals surface area (Å²) in [5.74, 6) is 1.40. The van der Waals surface area contributed by atoms with Crippen LogP contribution in [0.1, 0.15) is 18.7 Å². The Morgan fingerprint density at radius 3 is 2.62 bits per heavy atom. The topological polar surface area (TPSA) is 71.8 Å². The lowest BCUT2D eigenvalue weighted by Crippen LogP contribution is -2.20. The van der Waals surface area contributed by atoms with Crippen LogP contribution in [0.3, 0.4) is 0 Å². The molecule has 2 aromatic carbocycles. The fourth-order valence-electron chi connectivity index (χ4n) is 3.07. The molecular weight excluding hydrogens is 333 g/mol. The molecule has 1 aliphatic rings. The van der Waals surface area contributed by atoms with Gasteiger partial charge in [0.05, 0.1) is 5.69 Å². The quantitative estimate of drug-likeness (QED) is 0.747. The van der Waals surface area contributed by atoms with E-state index in [9.17, 15) is 9.18 Å². The summed E-state index contributed by atoms with van der Waals surface area (Å²) in [4.78, 5) is 12.0. The van der Waals surface area contributed by atoms with Crippen LogP contribution in [0.5, 0.6) is 0 Å². The molecule has 0 atom stereocenters. The third-order valence-corrected chi connectivity index (χ3v) is 4.38. The molecule has 0 bridgehead atoms. The van der Waals surface area contributed by atoms with Crippen molar-refractivity contribution in [2.45, 2.75) is 25.8 Å². The van der Waals surface area contributed by atoms with Gasteiger partial charge in [0.15, 0.2) is 5.82 Å². The molecule has 132 valence electrons. The molecule has 2 N–H and O–H groups in total. The summed E-state index contributed by atoms with van der Waals surface area (Å²) in [6.45, 7) is 0.933. The first-order chi connectivity index (χ1) is 12.7. The van der Waals surface area contributed by atoms with Gasteiger partial charge in [0.25, 0.3) is 0 Å². The van der Waals surface area contributed by atoms with Crippen LogP contribution in [0.25, 0.3) is 11.4 Å². The van der Waals surface area contributed by atoms with Gasteiger partial charge in [0, 0.05) is 24.2 Å². The fourth-order valence-corrected chi connectivity index (χ4v) is 3.07. The van der Waals surface area contributed by atoms with Gasteiger partial charge in [-0.05, 0) is 49.2 Å². The van der Waals surface area contributed by atoms with Crippen molar-refractivity contribution in [1.29, 1.82) is 0 Å². The molecule has 26 heavy (non-hydrogen) atoms. The Labute approximate surface area is 150 Å². The first kappa shape index (κ1) is 16.3. The number of carbonyl (C=O) groups excluding carboxylic acids is 1. The summed E-state index contributed by atoms with van der Waals surface area (Å²) < 4.78 is 15.7. The highest BCUT2D eigenvalue weighted by Crippen LogP contribution is 2.24. The van der Waals surface area contributed by atoms with Gasteiger partial charge in [-0.3, -0.25) is 0 Å². The zero-order chi connectivity index (χ0) is 17.9. The standard InChI is InChI=1S/C19H18FN5O/c20-15-5-1-2-6-16(15)22-19(26)21-14-10-8-13(9-11-14)18-24-23-17-7-3-4-12-25(17)18/h1-2,5-6,8-11H,3-4,7,12H2,(H2,21,22,26). The van der Waals surface area contributed by atoms with E-state index >= 15 is 0 Å². The van der Waals surface area contributed by atoms with Crippen molar-refractivity contribution >= 4 is 17.4 Å². The SMILES string of the molecule is O=C(Nc1ccc(-c2nnc3n2CCCC3)cc1)Nc1ccccc1F. The lowest BCUT2D eigenvalue weighted by Gasteiger charge is -2.15. The van der Waals surface area contributed by atoms with Crippen LogP contribution in [0.2, 0.25) is 0 Å². The van der Waals surface area contributed by atoms with Gasteiger partial charge in [0.1, 0.15) is 11.6 Å². The number of hydrogen-bond acceptors (Lipinski definition) is 3. The molecule has 2 heterocycles. The van der Waals surface area contributed by atoms with Crippen LogP contribution < -0.4 is 10.6 Å². The second kappa shape index (κ2) is 6.95. The first-order valence-electron chi connectivity index (χ1n) is 8.56. The van der Waals surface area contributed by atoms with Crippen LogP contribution in [-0.4, -0.2) is 20.8 Å². The molecule has 4 rings (SSSR count). The summed E-state index contributed by atoms with van der Waals surface area (Å²) in [5.41, 5.74) is 1.70. The van der Waals surface area contributed by atoms with Gasteiger partial charge in [-0.2, -0.15) is 0 Å². The highest BCUT2D eigenvalue weighted by atomic mass is 19.1. The Balaban J connectivity index is 1.46. The van der Waals surface area contributed by atoms with E-state index in [-0.39, 0.29) is 5.69 Å². The number of carbonyl (C=O) groups is 1. The lowest BCUT2D eigenvalue weighted by molar-refractivity contribution is 0.262. The number of fused-ring (bicyclic) bond motifs is 1. The van der Waals surface area contributed by atoms with Crippen LogP contribution in [0, 0.1) is 5.82 Å². The molecule has 2 amide bonds. The number of urea groups is 1. The van der Waals surface area contributed by atoms with E-state index < -0.39 is 11.8 Å². The maximum absolute atomic E-state index is 13.6. The monoisotopic (exact) mass is 351 g/mol. The van der Waals surface area contributed by atoms with Gasteiger partial charge < -0.3 is 15.2 Å². The van der Waals surface area contributed by atoms with Crippen molar-refractivity contribution in [2.75, 3.05) is 10.6 Å². The number of hydrogen-bond donors (Lipinski definition) is 2. The number of nitrogens with one attached hydrogen (secondary N) is 2. The fraction of sp³-hybridized carbons (Fsp3) is 0.211. The number of rotatable bonds is 3. The second-order valence-electron chi connectivity index (χ2n) is 6.18. The van der Waals surface area contributed by atoms with E-state index in [1.165, 1.54) is 12.1 Å². The molecule has 1 aliphatic heterocycles. The van der Waals surface area contributed by atoms with E-state index in [1.807, 2.05) is 12.1 Å². The molecule has 0 radical (unpaired) electrons. The molecule has 0 fully saturated rings. The van der Waals surface area contributed by atoms with Gasteiger partial charge in [-0.1, -0.05) is 12.1 Å². The number of para-hydroxylation sites is 1. The van der Waals surface area contributed by atoms with Crippen molar-refractivity contribution in [3.05, 3.63) is 60.2 Å². The molecule has 0 spiro atoms. The average Bonchev–Trinajstić information content (AvgIpc) is 3.08. The zero-order valence-corrected chi connectivity index (χ0v) is 14.1. The molecule has 6 nitrogen and oxygen atoms in total. The maximum atomic E-state index is 13.6. The molecule has 7 heteroatoms. The number of nitrogens with zero attached hydrogens (tertiary/aromatic N) is 3. The molecule has 0 aliphatic carbocycles. The predicted molar refractivity (Wildman–Crippen MR) is 97.4 cm³/mol. The van der Waals surface area contributed by atoms with E-state index in [1.54, 1.807) is 24.3 Å². The van der Waals surface area contributed by atoms with Crippen molar-refractivity contribution in [2.24, 2.45) is 0 Å².